The number of aromatic nitrogens is 1. The molecule has 2 heterocycles. The Morgan fingerprint density at radius 1 is 1.21 bits per heavy atom. The third kappa shape index (κ3) is 3.17. The number of nitrogens with one attached hydrogen (secondary N) is 4. The number of rotatable bonds is 5. The summed E-state index contributed by atoms with van der Waals surface area (Å²) in [7, 11) is 0. The third-order valence-corrected chi connectivity index (χ3v) is 4.97. The van der Waals surface area contributed by atoms with Gasteiger partial charge in [0.15, 0.2) is 5.78 Å². The van der Waals surface area contributed by atoms with E-state index in [9.17, 15) is 19.2 Å². The van der Waals surface area contributed by atoms with Crippen LogP contribution in [0.5, 0.6) is 0 Å². The number of imide groups is 1. The summed E-state index contributed by atoms with van der Waals surface area (Å²) in [6, 6.07) is 6.15. The molecule has 1 saturated heterocycles. The van der Waals surface area contributed by atoms with Crippen molar-refractivity contribution in [1.82, 2.24) is 15.6 Å². The Hall–Kier alpha value is -3.42. The second-order valence-electron chi connectivity index (χ2n) is 6.96. The number of anilines is 1. The topological polar surface area (TPSA) is 120 Å². The normalized spacial score (nSPS) is 18.6. The lowest BCUT2D eigenvalue weighted by molar-refractivity contribution is -0.123. The largest absolute Gasteiger partial charge is 0.354 e. The summed E-state index contributed by atoms with van der Waals surface area (Å²) < 4.78 is 0. The monoisotopic (exact) mass is 382 g/mol. The van der Waals surface area contributed by atoms with E-state index in [1.165, 1.54) is 6.92 Å². The molecule has 0 spiro atoms. The molecule has 0 radical (unpaired) electrons. The number of aryl methyl sites for hydroxylation is 1. The first-order chi connectivity index (χ1) is 13.2. The van der Waals surface area contributed by atoms with Gasteiger partial charge in [-0.2, -0.15) is 0 Å². The molecule has 1 atom stereocenters. The molecule has 1 unspecified atom stereocenters. The first kappa shape index (κ1) is 19.3. The van der Waals surface area contributed by atoms with Crippen molar-refractivity contribution in [3.8, 4) is 0 Å². The van der Waals surface area contributed by atoms with Gasteiger partial charge in [-0.15, -0.1) is 0 Å². The standard InChI is InChI=1S/C20H22N4O4/c1-5-14-15(11(3)25)10(2)21-16(14)17(26)22-13-8-6-7-12(9-13)20(4)18(27)23-19(28)24-20/h6-9,21H,5H2,1-4H3,(H,22,26)(H2,23,24,27,28). The molecule has 1 aliphatic heterocycles. The zero-order valence-corrected chi connectivity index (χ0v) is 16.1. The van der Waals surface area contributed by atoms with Gasteiger partial charge in [-0.1, -0.05) is 19.1 Å². The summed E-state index contributed by atoms with van der Waals surface area (Å²) in [5.74, 6) is -0.933. The van der Waals surface area contributed by atoms with Crippen LogP contribution in [0.15, 0.2) is 24.3 Å². The van der Waals surface area contributed by atoms with Gasteiger partial charge < -0.3 is 15.6 Å². The van der Waals surface area contributed by atoms with Gasteiger partial charge in [-0.05, 0) is 50.5 Å². The summed E-state index contributed by atoms with van der Waals surface area (Å²) in [5.41, 5.74) is 2.01. The van der Waals surface area contributed by atoms with Crippen LogP contribution in [0.4, 0.5) is 10.5 Å². The van der Waals surface area contributed by atoms with E-state index < -0.39 is 17.5 Å². The fourth-order valence-electron chi connectivity index (χ4n) is 3.55. The second-order valence-corrected chi connectivity index (χ2v) is 6.96. The van der Waals surface area contributed by atoms with Gasteiger partial charge in [0.05, 0.1) is 0 Å². The fraction of sp³-hybridized carbons (Fsp3) is 0.300. The van der Waals surface area contributed by atoms with Crippen molar-refractivity contribution in [1.29, 1.82) is 0 Å². The van der Waals surface area contributed by atoms with Gasteiger partial charge in [-0.25, -0.2) is 4.79 Å². The van der Waals surface area contributed by atoms with Gasteiger partial charge in [0.25, 0.3) is 11.8 Å². The molecule has 8 nitrogen and oxygen atoms in total. The van der Waals surface area contributed by atoms with E-state index in [4.69, 9.17) is 0 Å². The number of amides is 4. The molecule has 0 saturated carbocycles. The zero-order valence-electron chi connectivity index (χ0n) is 16.1. The van der Waals surface area contributed by atoms with Gasteiger partial charge in [-0.3, -0.25) is 19.7 Å². The minimum absolute atomic E-state index is 0.0949. The third-order valence-electron chi connectivity index (χ3n) is 4.97. The van der Waals surface area contributed by atoms with E-state index in [-0.39, 0.29) is 11.7 Å². The Balaban J connectivity index is 1.91. The highest BCUT2D eigenvalue weighted by Crippen LogP contribution is 2.27. The molecule has 1 aliphatic rings. The predicted molar refractivity (Wildman–Crippen MR) is 103 cm³/mol. The molecule has 4 amide bonds. The molecular formula is C20H22N4O4. The van der Waals surface area contributed by atoms with Crippen LogP contribution in [0.3, 0.4) is 0 Å². The maximum atomic E-state index is 12.8. The van der Waals surface area contributed by atoms with Crippen LogP contribution in [0, 0.1) is 6.92 Å². The van der Waals surface area contributed by atoms with E-state index in [0.29, 0.717) is 40.2 Å². The van der Waals surface area contributed by atoms with Crippen LogP contribution in [-0.2, 0) is 16.8 Å². The number of hydrogen-bond donors (Lipinski definition) is 4. The first-order valence-corrected chi connectivity index (χ1v) is 8.95. The van der Waals surface area contributed by atoms with Crippen molar-refractivity contribution in [3.63, 3.8) is 0 Å². The van der Waals surface area contributed by atoms with Crippen molar-refractivity contribution in [2.45, 2.75) is 39.7 Å². The molecule has 8 heteroatoms. The lowest BCUT2D eigenvalue weighted by Crippen LogP contribution is -2.40. The van der Waals surface area contributed by atoms with Crippen LogP contribution < -0.4 is 16.0 Å². The SMILES string of the molecule is CCc1c(C(=O)Nc2cccc(C3(C)NC(=O)NC3=O)c2)[nH]c(C)c1C(C)=O. The van der Waals surface area contributed by atoms with Crippen molar-refractivity contribution in [2.24, 2.45) is 0 Å². The van der Waals surface area contributed by atoms with Crippen LogP contribution in [0.1, 0.15) is 58.4 Å². The summed E-state index contributed by atoms with van der Waals surface area (Å²) in [5, 5.41) is 7.60. The molecule has 0 aliphatic carbocycles. The smallest absolute Gasteiger partial charge is 0.322 e. The van der Waals surface area contributed by atoms with Gasteiger partial charge >= 0.3 is 6.03 Å². The molecule has 146 valence electrons. The molecule has 1 fully saturated rings. The molecule has 3 rings (SSSR count). The number of Topliss-reactive ketones (excluding diaryl/α,β-unsaturated/α-hetero) is 1. The minimum Gasteiger partial charge on any atom is -0.354 e. The minimum atomic E-state index is -1.21. The van der Waals surface area contributed by atoms with Crippen LogP contribution in [-0.4, -0.2) is 28.6 Å². The Morgan fingerprint density at radius 3 is 2.50 bits per heavy atom. The highest BCUT2D eigenvalue weighted by atomic mass is 16.2. The van der Waals surface area contributed by atoms with Crippen LogP contribution in [0.25, 0.3) is 0 Å². The molecule has 1 aromatic heterocycles. The number of ketones is 1. The van der Waals surface area contributed by atoms with Crippen molar-refractivity contribution < 1.29 is 19.2 Å². The van der Waals surface area contributed by atoms with Gasteiger partial charge in [0, 0.05) is 16.9 Å². The van der Waals surface area contributed by atoms with Crippen molar-refractivity contribution in [2.75, 3.05) is 5.32 Å². The average molecular weight is 382 g/mol. The Bertz CT molecular complexity index is 1010. The summed E-state index contributed by atoms with van der Waals surface area (Å²) in [4.78, 5) is 51.3. The Labute approximate surface area is 162 Å². The molecule has 1 aromatic carbocycles. The quantitative estimate of drug-likeness (QED) is 0.469. The fourth-order valence-corrected chi connectivity index (χ4v) is 3.55. The van der Waals surface area contributed by atoms with E-state index in [1.54, 1.807) is 38.1 Å². The van der Waals surface area contributed by atoms with E-state index in [0.717, 1.165) is 0 Å². The Kier molecular flexibility index (Phi) is 4.80. The predicted octanol–water partition coefficient (Wildman–Crippen LogP) is 2.40. The van der Waals surface area contributed by atoms with E-state index in [2.05, 4.69) is 20.9 Å². The molecule has 28 heavy (non-hydrogen) atoms. The van der Waals surface area contributed by atoms with Gasteiger partial charge in [0.1, 0.15) is 11.2 Å². The van der Waals surface area contributed by atoms with E-state index in [1.807, 2.05) is 6.92 Å². The zero-order chi connectivity index (χ0) is 20.6. The van der Waals surface area contributed by atoms with Gasteiger partial charge in [0.2, 0.25) is 0 Å². The number of H-pyrrole nitrogens is 1. The number of benzene rings is 1. The molecule has 4 N–H and O–H groups in total. The number of urea groups is 1. The van der Waals surface area contributed by atoms with Crippen LogP contribution in [0.2, 0.25) is 0 Å². The number of aromatic amines is 1. The van der Waals surface area contributed by atoms with Crippen molar-refractivity contribution >= 4 is 29.3 Å². The number of hydrogen-bond acceptors (Lipinski definition) is 4. The number of carbonyl (C=O) groups is 4. The summed E-state index contributed by atoms with van der Waals surface area (Å²) >= 11 is 0. The highest BCUT2D eigenvalue weighted by Gasteiger charge is 2.43. The summed E-state index contributed by atoms with van der Waals surface area (Å²) in [6.07, 6.45) is 0.534. The maximum absolute atomic E-state index is 12.8. The van der Waals surface area contributed by atoms with E-state index >= 15 is 0 Å². The number of carbonyl (C=O) groups excluding carboxylic acids is 4. The lowest BCUT2D eigenvalue weighted by atomic mass is 9.92. The first-order valence-electron chi connectivity index (χ1n) is 8.95. The summed E-state index contributed by atoms with van der Waals surface area (Å²) in [6.45, 7) is 6.71. The van der Waals surface area contributed by atoms with Crippen LogP contribution >= 0.6 is 0 Å². The lowest BCUT2D eigenvalue weighted by Gasteiger charge is -2.21. The molecular weight excluding hydrogens is 360 g/mol. The average Bonchev–Trinajstić information content (AvgIpc) is 3.11. The highest BCUT2D eigenvalue weighted by molar-refractivity contribution is 6.09. The second kappa shape index (κ2) is 6.95. The maximum Gasteiger partial charge on any atom is 0.322 e. The Morgan fingerprint density at radius 2 is 1.93 bits per heavy atom. The molecule has 0 bridgehead atoms. The molecule has 2 aromatic rings. The van der Waals surface area contributed by atoms with Crippen molar-refractivity contribution in [3.05, 3.63) is 52.3 Å².